The summed E-state index contributed by atoms with van der Waals surface area (Å²) >= 11 is 5.32. The van der Waals surface area contributed by atoms with Crippen LogP contribution in [0.25, 0.3) is 224 Å². The van der Waals surface area contributed by atoms with E-state index in [1.807, 2.05) is 158 Å². The summed E-state index contributed by atoms with van der Waals surface area (Å²) in [6.45, 7) is 0. The highest BCUT2D eigenvalue weighted by Crippen LogP contribution is 2.50. The molecule has 0 aliphatic heterocycles. The minimum absolute atomic E-state index is 0.569. The van der Waals surface area contributed by atoms with Crippen LogP contribution in [0.15, 0.2) is 377 Å². The lowest BCUT2D eigenvalue weighted by Crippen LogP contribution is -2.06. The molecule has 25 rings (SSSR count). The van der Waals surface area contributed by atoms with E-state index in [1.165, 1.54) is 30.4 Å². The molecular weight excluding hydrogens is 1500 g/mol. The zero-order valence-corrected chi connectivity index (χ0v) is 64.5. The van der Waals surface area contributed by atoms with Crippen molar-refractivity contribution in [3.63, 3.8) is 0 Å². The summed E-state index contributed by atoms with van der Waals surface area (Å²) in [7, 11) is 0. The van der Waals surface area contributed by atoms with Crippen molar-refractivity contribution < 1.29 is 13.3 Å². The van der Waals surface area contributed by atoms with E-state index in [0.29, 0.717) is 29.4 Å². The van der Waals surface area contributed by atoms with E-state index in [-0.39, 0.29) is 0 Å². The summed E-state index contributed by atoms with van der Waals surface area (Å²) in [6.07, 6.45) is 0. The zero-order valence-electron chi connectivity index (χ0n) is 62.1. The van der Waals surface area contributed by atoms with Crippen LogP contribution >= 0.6 is 34.0 Å². The smallest absolute Gasteiger partial charge is 0.238 e. The van der Waals surface area contributed by atoms with Crippen LogP contribution in [0.4, 0.5) is 0 Å². The van der Waals surface area contributed by atoms with Crippen molar-refractivity contribution >= 4 is 161 Å². The molecule has 0 radical (unpaired) electrons. The van der Waals surface area contributed by atoms with Gasteiger partial charge in [0, 0.05) is 71.8 Å². The highest BCUT2D eigenvalue weighted by Gasteiger charge is 2.29. The van der Waals surface area contributed by atoms with Gasteiger partial charge < -0.3 is 13.3 Å². The van der Waals surface area contributed by atoms with Gasteiger partial charge in [-0.3, -0.25) is 13.7 Å². The molecule has 12 aromatic heterocycles. The SMILES string of the molecule is c1ccc(-c2cc(-n3c4ccccc4c4sc5c6ccccc6oc5c43)nc(-c3ccccc3)n2)cc1.c1ccc(-c2cccc(-c3cc(-c4ccccc4)nc(-n4c5ccccc5c5sc6c7ccccc7oc6c54)n3)c2)cc1.c1ccc(-c2nc(-c3ccccc3)nc(-n3c4ccccc4c4sc5c6ccccc6oc5c43)n2)cc1. The van der Waals surface area contributed by atoms with E-state index in [1.54, 1.807) is 34.0 Å². The van der Waals surface area contributed by atoms with Gasteiger partial charge in [-0.15, -0.1) is 34.0 Å². The Morgan fingerprint density at radius 1 is 0.205 bits per heavy atom. The van der Waals surface area contributed by atoms with Crippen LogP contribution in [0.1, 0.15) is 0 Å². The molecule has 0 N–H and O–H groups in total. The molecule has 0 saturated carbocycles. The fraction of sp³-hybridized carbons (Fsp3) is 0. The van der Waals surface area contributed by atoms with Crippen molar-refractivity contribution in [2.45, 2.75) is 0 Å². The second kappa shape index (κ2) is 27.9. The Morgan fingerprint density at radius 3 is 0.940 bits per heavy atom. The number of nitrogens with zero attached hydrogens (tertiary/aromatic N) is 10. The Hall–Kier alpha value is -15.1. The van der Waals surface area contributed by atoms with Gasteiger partial charge in [-0.2, -0.15) is 9.97 Å². The van der Waals surface area contributed by atoms with Crippen LogP contribution in [-0.4, -0.2) is 48.6 Å². The molecule has 0 saturated heterocycles. The highest BCUT2D eigenvalue weighted by atomic mass is 32.1. The molecular formula is C101H60N10O3S3. The lowest BCUT2D eigenvalue weighted by molar-refractivity contribution is 0.671. The Kier molecular flexibility index (Phi) is 16.1. The first kappa shape index (κ1) is 67.6. The van der Waals surface area contributed by atoms with Crippen molar-refractivity contribution in [3.8, 4) is 96.8 Å². The first-order chi connectivity index (χ1) is 58.0. The quantitative estimate of drug-likeness (QED) is 0.130. The van der Waals surface area contributed by atoms with Crippen molar-refractivity contribution in [3.05, 3.63) is 364 Å². The predicted molar refractivity (Wildman–Crippen MR) is 480 cm³/mol. The van der Waals surface area contributed by atoms with E-state index < -0.39 is 0 Å². The summed E-state index contributed by atoms with van der Waals surface area (Å²) in [5.74, 6) is 3.96. The molecule has 0 atom stereocenters. The molecule has 13 nitrogen and oxygen atoms in total. The monoisotopic (exact) mass is 1560 g/mol. The van der Waals surface area contributed by atoms with Gasteiger partial charge in [-0.1, -0.05) is 291 Å². The second-order valence-corrected chi connectivity index (χ2v) is 31.7. The third-order valence-electron chi connectivity index (χ3n) is 21.6. The molecule has 117 heavy (non-hydrogen) atoms. The van der Waals surface area contributed by atoms with Gasteiger partial charge in [0.15, 0.2) is 34.2 Å². The van der Waals surface area contributed by atoms with Crippen LogP contribution in [0, 0.1) is 0 Å². The van der Waals surface area contributed by atoms with Crippen molar-refractivity contribution in [1.29, 1.82) is 0 Å². The normalized spacial score (nSPS) is 11.8. The molecule has 0 bridgehead atoms. The molecule has 0 aliphatic rings. The maximum absolute atomic E-state index is 6.53. The van der Waals surface area contributed by atoms with Crippen LogP contribution < -0.4 is 0 Å². The summed E-state index contributed by atoms with van der Waals surface area (Å²) in [4.78, 5) is 35.5. The van der Waals surface area contributed by atoms with Gasteiger partial charge in [0.25, 0.3) is 0 Å². The number of hydrogen-bond acceptors (Lipinski definition) is 13. The van der Waals surface area contributed by atoms with Gasteiger partial charge in [0.2, 0.25) is 11.9 Å². The number of para-hydroxylation sites is 6. The number of hydrogen-bond donors (Lipinski definition) is 0. The molecule has 550 valence electrons. The number of thiophene rings is 3. The standard InChI is InChI=1S/C38H23N3OS.C32H19N3OS.C31H18N4OS/c1-3-12-24(13-4-1)26-16-11-17-27(22-26)31-23-30(25-14-5-2-6-15-25)39-38(40-31)41-32-20-9-7-18-28(32)36-34(41)35-37(43-36)29-19-8-10-21-33(29)42-35;1-3-11-20(12-4-1)24-19-27(34-32(33-24)21-13-5-2-6-14-21)35-25-17-9-7-15-22(25)30-28(35)29-31(37-30)23-16-8-10-18-26(23)36-29;1-3-11-19(12-4-1)29-32-30(20-13-5-2-6-14-20)34-31(33-29)35-23-17-9-7-15-21(23)27-25(35)26-28(37-27)22-16-8-10-18-24(22)36-26/h1-23H;1-19H;1-18H. The second-order valence-electron chi connectivity index (χ2n) is 28.6. The number of benzene rings is 13. The molecule has 13 aromatic carbocycles. The van der Waals surface area contributed by atoms with Crippen LogP contribution in [0.5, 0.6) is 0 Å². The maximum atomic E-state index is 6.53. The number of fused-ring (bicyclic) bond motifs is 21. The van der Waals surface area contributed by atoms with E-state index in [2.05, 4.69) is 220 Å². The predicted octanol–water partition coefficient (Wildman–Crippen LogP) is 27.7. The first-order valence-corrected chi connectivity index (χ1v) is 40.9. The van der Waals surface area contributed by atoms with E-state index in [0.717, 1.165) is 164 Å². The van der Waals surface area contributed by atoms with E-state index in [4.69, 9.17) is 48.1 Å². The summed E-state index contributed by atoms with van der Waals surface area (Å²) < 4.78 is 33.0. The molecule has 0 spiro atoms. The third-order valence-corrected chi connectivity index (χ3v) is 25.3. The zero-order chi connectivity index (χ0) is 77.0. The Bertz CT molecular complexity index is 7720. The number of furan rings is 3. The Morgan fingerprint density at radius 2 is 0.513 bits per heavy atom. The first-order valence-electron chi connectivity index (χ1n) is 38.5. The average Bonchev–Trinajstić information content (AvgIpc) is 1.56. The lowest BCUT2D eigenvalue weighted by Gasteiger charge is -2.12. The molecule has 0 fully saturated rings. The number of rotatable bonds is 10. The van der Waals surface area contributed by atoms with E-state index in [9.17, 15) is 0 Å². The van der Waals surface area contributed by atoms with Crippen molar-refractivity contribution in [1.82, 2.24) is 48.6 Å². The average molecular weight is 1560 g/mol. The molecule has 12 heterocycles. The third kappa shape index (κ3) is 11.5. The maximum Gasteiger partial charge on any atom is 0.238 e. The summed E-state index contributed by atoms with van der Waals surface area (Å²) in [5, 5.41) is 6.91. The van der Waals surface area contributed by atoms with Gasteiger partial charge >= 0.3 is 0 Å². The van der Waals surface area contributed by atoms with Crippen LogP contribution in [-0.2, 0) is 0 Å². The molecule has 0 unspecified atom stereocenters. The fourth-order valence-corrected chi connectivity index (χ4v) is 20.0. The van der Waals surface area contributed by atoms with Crippen LogP contribution in [0.3, 0.4) is 0 Å². The topological polar surface area (TPSA) is 144 Å². The molecule has 0 amide bonds. The van der Waals surface area contributed by atoms with Crippen LogP contribution in [0.2, 0.25) is 0 Å². The highest BCUT2D eigenvalue weighted by molar-refractivity contribution is 7.28. The van der Waals surface area contributed by atoms with Crippen molar-refractivity contribution in [2.75, 3.05) is 0 Å². The van der Waals surface area contributed by atoms with Gasteiger partial charge in [0.1, 0.15) is 39.1 Å². The van der Waals surface area contributed by atoms with Gasteiger partial charge in [-0.05, 0) is 77.9 Å². The largest absolute Gasteiger partial charge is 0.453 e. The Labute approximate surface area is 678 Å². The minimum Gasteiger partial charge on any atom is -0.453 e. The molecule has 16 heteroatoms. The Balaban J connectivity index is 0.000000104. The molecule has 0 aliphatic carbocycles. The summed E-state index contributed by atoms with van der Waals surface area (Å²) in [5.41, 5.74) is 22.5. The number of aromatic nitrogens is 10. The minimum atomic E-state index is 0.569. The van der Waals surface area contributed by atoms with Gasteiger partial charge in [-0.25, -0.2) is 24.9 Å². The lowest BCUT2D eigenvalue weighted by atomic mass is 10.0. The summed E-state index contributed by atoms with van der Waals surface area (Å²) in [6, 6.07) is 124. The van der Waals surface area contributed by atoms with Crippen molar-refractivity contribution in [2.24, 2.45) is 0 Å². The fourth-order valence-electron chi connectivity index (χ4n) is 16.2. The van der Waals surface area contributed by atoms with E-state index >= 15 is 0 Å². The molecule has 25 aromatic rings. The van der Waals surface area contributed by atoms with Gasteiger partial charge in [0.05, 0.1) is 61.8 Å².